The zero-order valence-corrected chi connectivity index (χ0v) is 9.91. The van der Waals surface area contributed by atoms with E-state index in [1.54, 1.807) is 0 Å². The average molecular weight is 230 g/mol. The predicted molar refractivity (Wildman–Crippen MR) is 61.1 cm³/mol. The van der Waals surface area contributed by atoms with Gasteiger partial charge in [0.2, 0.25) is 5.91 Å². The number of hydrogen-bond acceptors (Lipinski definition) is 4. The Bertz CT molecular complexity index is 205. The normalized spacial score (nSPS) is 19.6. The molecule has 0 aromatic heterocycles. The first-order valence-corrected chi connectivity index (χ1v) is 5.96. The van der Waals surface area contributed by atoms with Gasteiger partial charge < -0.3 is 20.5 Å². The van der Waals surface area contributed by atoms with Crippen molar-refractivity contribution in [3.05, 3.63) is 0 Å². The largest absolute Gasteiger partial charge is 0.381 e. The van der Waals surface area contributed by atoms with Crippen LogP contribution in [0.15, 0.2) is 0 Å². The van der Waals surface area contributed by atoms with Crippen LogP contribution in [0.5, 0.6) is 0 Å². The first-order chi connectivity index (χ1) is 7.74. The molecule has 1 aliphatic heterocycles. The minimum Gasteiger partial charge on any atom is -0.381 e. The lowest BCUT2D eigenvalue weighted by molar-refractivity contribution is -0.123. The molecule has 1 saturated heterocycles. The number of primary amides is 1. The van der Waals surface area contributed by atoms with Crippen molar-refractivity contribution in [2.45, 2.75) is 38.3 Å². The van der Waals surface area contributed by atoms with Gasteiger partial charge in [-0.25, -0.2) is 0 Å². The maximum atomic E-state index is 11.1. The molecule has 94 valence electrons. The molecule has 3 N–H and O–H groups in total. The van der Waals surface area contributed by atoms with Crippen LogP contribution in [0.4, 0.5) is 0 Å². The van der Waals surface area contributed by atoms with Crippen molar-refractivity contribution in [2.75, 3.05) is 26.4 Å². The highest BCUT2D eigenvalue weighted by Gasteiger charge is 2.19. The molecule has 0 saturated carbocycles. The van der Waals surface area contributed by atoms with E-state index in [0.717, 1.165) is 39.0 Å². The lowest BCUT2D eigenvalue weighted by Crippen LogP contribution is -2.46. The van der Waals surface area contributed by atoms with Gasteiger partial charge in [0, 0.05) is 13.2 Å². The van der Waals surface area contributed by atoms with Gasteiger partial charge in [-0.05, 0) is 25.8 Å². The van der Waals surface area contributed by atoms with E-state index < -0.39 is 0 Å². The third-order valence-electron chi connectivity index (χ3n) is 2.65. The van der Waals surface area contributed by atoms with Gasteiger partial charge >= 0.3 is 0 Å². The van der Waals surface area contributed by atoms with Crippen molar-refractivity contribution >= 4 is 5.91 Å². The molecule has 0 bridgehead atoms. The fraction of sp³-hybridized carbons (Fsp3) is 0.909. The van der Waals surface area contributed by atoms with Gasteiger partial charge in [0.15, 0.2) is 0 Å². The smallest absolute Gasteiger partial charge is 0.236 e. The second-order valence-electron chi connectivity index (χ2n) is 4.05. The summed E-state index contributed by atoms with van der Waals surface area (Å²) in [5, 5.41) is 3.08. The number of amides is 1. The van der Waals surface area contributed by atoms with E-state index in [4.69, 9.17) is 15.2 Å². The van der Waals surface area contributed by atoms with Gasteiger partial charge in [-0.15, -0.1) is 0 Å². The zero-order valence-electron chi connectivity index (χ0n) is 9.91. The minimum absolute atomic E-state index is 0.207. The van der Waals surface area contributed by atoms with E-state index in [0.29, 0.717) is 6.61 Å². The topological polar surface area (TPSA) is 73.6 Å². The van der Waals surface area contributed by atoms with Gasteiger partial charge in [0.1, 0.15) is 6.04 Å². The second kappa shape index (κ2) is 7.60. The molecule has 5 heteroatoms. The van der Waals surface area contributed by atoms with Gasteiger partial charge in [-0.1, -0.05) is 6.92 Å². The van der Waals surface area contributed by atoms with Crippen LogP contribution >= 0.6 is 0 Å². The van der Waals surface area contributed by atoms with E-state index in [-0.39, 0.29) is 18.1 Å². The molecule has 1 fully saturated rings. The van der Waals surface area contributed by atoms with Crippen molar-refractivity contribution in [3.63, 3.8) is 0 Å². The highest BCUT2D eigenvalue weighted by molar-refractivity contribution is 5.79. The summed E-state index contributed by atoms with van der Waals surface area (Å²) in [7, 11) is 0. The fourth-order valence-electron chi connectivity index (χ4n) is 1.64. The summed E-state index contributed by atoms with van der Waals surface area (Å²) in [6.45, 7) is 4.68. The Balaban J connectivity index is 2.22. The van der Waals surface area contributed by atoms with E-state index in [1.807, 2.05) is 6.92 Å². The quantitative estimate of drug-likeness (QED) is 0.647. The fourth-order valence-corrected chi connectivity index (χ4v) is 1.64. The highest BCUT2D eigenvalue weighted by Crippen LogP contribution is 2.10. The molecule has 0 aromatic rings. The molecule has 1 heterocycles. The van der Waals surface area contributed by atoms with Gasteiger partial charge in [-0.3, -0.25) is 4.79 Å². The maximum absolute atomic E-state index is 11.1. The lowest BCUT2D eigenvalue weighted by atomic mass is 10.1. The molecular weight excluding hydrogens is 208 g/mol. The van der Waals surface area contributed by atoms with E-state index in [9.17, 15) is 4.79 Å². The van der Waals surface area contributed by atoms with Crippen molar-refractivity contribution in [1.29, 1.82) is 0 Å². The Hall–Kier alpha value is -0.650. The Morgan fingerprint density at radius 2 is 2.25 bits per heavy atom. The number of carbonyl (C=O) groups is 1. The van der Waals surface area contributed by atoms with Crippen molar-refractivity contribution in [2.24, 2.45) is 5.73 Å². The molecule has 16 heavy (non-hydrogen) atoms. The summed E-state index contributed by atoms with van der Waals surface area (Å²) in [6, 6.07) is -0.372. The summed E-state index contributed by atoms with van der Waals surface area (Å²) in [5.41, 5.74) is 5.29. The summed E-state index contributed by atoms with van der Waals surface area (Å²) in [4.78, 5) is 11.1. The van der Waals surface area contributed by atoms with Crippen molar-refractivity contribution in [1.82, 2.24) is 5.32 Å². The van der Waals surface area contributed by atoms with Crippen LogP contribution in [0.1, 0.15) is 26.2 Å². The van der Waals surface area contributed by atoms with Crippen LogP contribution in [-0.2, 0) is 14.3 Å². The molecule has 1 rings (SSSR count). The van der Waals surface area contributed by atoms with Crippen LogP contribution < -0.4 is 11.1 Å². The van der Waals surface area contributed by atoms with Crippen LogP contribution in [0.25, 0.3) is 0 Å². The summed E-state index contributed by atoms with van der Waals surface area (Å²) < 4.78 is 10.9. The Morgan fingerprint density at radius 1 is 1.56 bits per heavy atom. The van der Waals surface area contributed by atoms with Crippen LogP contribution in [0, 0.1) is 0 Å². The monoisotopic (exact) mass is 230 g/mol. The zero-order chi connectivity index (χ0) is 11.8. The first-order valence-electron chi connectivity index (χ1n) is 5.96. The number of rotatable bonds is 7. The number of nitrogens with two attached hydrogens (primary N) is 1. The third kappa shape index (κ3) is 4.92. The standard InChI is InChI=1S/C11H22N2O3/c1-2-5-13-10(11(12)14)8-16-9-3-6-15-7-4-9/h9-10,13H,2-8H2,1H3,(H2,12,14). The second-order valence-corrected chi connectivity index (χ2v) is 4.05. The number of carbonyl (C=O) groups excluding carboxylic acids is 1. The average Bonchev–Trinajstić information content (AvgIpc) is 2.30. The van der Waals surface area contributed by atoms with Crippen LogP contribution in [-0.4, -0.2) is 44.4 Å². The number of hydrogen-bond donors (Lipinski definition) is 2. The highest BCUT2D eigenvalue weighted by atomic mass is 16.5. The molecule has 1 unspecified atom stereocenters. The Kier molecular flexibility index (Phi) is 6.37. The molecule has 0 spiro atoms. The molecule has 5 nitrogen and oxygen atoms in total. The first kappa shape index (κ1) is 13.4. The van der Waals surface area contributed by atoms with Crippen LogP contribution in [0.3, 0.4) is 0 Å². The molecular formula is C11H22N2O3. The van der Waals surface area contributed by atoms with E-state index >= 15 is 0 Å². The van der Waals surface area contributed by atoms with Gasteiger partial charge in [0.25, 0.3) is 0 Å². The van der Waals surface area contributed by atoms with Crippen molar-refractivity contribution < 1.29 is 14.3 Å². The van der Waals surface area contributed by atoms with Gasteiger partial charge in [0.05, 0.1) is 12.7 Å². The number of ether oxygens (including phenoxy) is 2. The predicted octanol–water partition coefficient (Wildman–Crippen LogP) is 0.0355. The molecule has 1 amide bonds. The van der Waals surface area contributed by atoms with Gasteiger partial charge in [-0.2, -0.15) is 0 Å². The Labute approximate surface area is 96.7 Å². The molecule has 1 atom stereocenters. The maximum Gasteiger partial charge on any atom is 0.236 e. The van der Waals surface area contributed by atoms with Crippen molar-refractivity contribution in [3.8, 4) is 0 Å². The van der Waals surface area contributed by atoms with E-state index in [2.05, 4.69) is 5.32 Å². The molecule has 1 aliphatic rings. The lowest BCUT2D eigenvalue weighted by Gasteiger charge is -2.24. The van der Waals surface area contributed by atoms with E-state index in [1.165, 1.54) is 0 Å². The molecule has 0 radical (unpaired) electrons. The Morgan fingerprint density at radius 3 is 2.81 bits per heavy atom. The number of nitrogens with one attached hydrogen (secondary N) is 1. The summed E-state index contributed by atoms with van der Waals surface area (Å²) in [6.07, 6.45) is 2.98. The third-order valence-corrected chi connectivity index (χ3v) is 2.65. The minimum atomic E-state index is -0.372. The van der Waals surface area contributed by atoms with Crippen LogP contribution in [0.2, 0.25) is 0 Å². The molecule has 0 aromatic carbocycles. The summed E-state index contributed by atoms with van der Waals surface area (Å²) in [5.74, 6) is -0.347. The molecule has 0 aliphatic carbocycles. The summed E-state index contributed by atoms with van der Waals surface area (Å²) >= 11 is 0. The SMILES string of the molecule is CCCNC(COC1CCOCC1)C(N)=O.